The predicted octanol–water partition coefficient (Wildman–Crippen LogP) is -1.77. The van der Waals surface area contributed by atoms with Crippen LogP contribution in [-0.4, -0.2) is 15.1 Å². The number of nitrogens with zero attached hydrogens (tertiary/aromatic N) is 6. The van der Waals surface area contributed by atoms with Gasteiger partial charge in [0.25, 0.3) is 5.10 Å². The van der Waals surface area contributed by atoms with Crippen molar-refractivity contribution < 1.29 is 23.6 Å². The molecule has 0 bridgehead atoms. The Bertz CT molecular complexity index is 382. The Labute approximate surface area is 72.8 Å². The van der Waals surface area contributed by atoms with Gasteiger partial charge in [0, 0.05) is 13.8 Å². The lowest BCUT2D eigenvalue weighted by atomic mass is 11.0. The van der Waals surface area contributed by atoms with Gasteiger partial charge in [-0.3, -0.25) is 0 Å². The zero-order chi connectivity index (χ0) is 10.9. The molecule has 0 unspecified atom stereocenters. The van der Waals surface area contributed by atoms with Crippen molar-refractivity contribution in [3.05, 3.63) is 20.5 Å². The molecule has 0 N–H and O–H groups in total. The van der Waals surface area contributed by atoms with Crippen LogP contribution in [0, 0.1) is 20.5 Å². The summed E-state index contributed by atoms with van der Waals surface area (Å²) in [7, 11) is 0. The summed E-state index contributed by atoms with van der Waals surface area (Å²) < 4.78 is 23.5. The fourth-order valence-corrected chi connectivity index (χ4v) is 0.533. The van der Waals surface area contributed by atoms with Crippen LogP contribution in [0.4, 0.5) is 20.9 Å². The molecule has 76 valence electrons. The van der Waals surface area contributed by atoms with Gasteiger partial charge in [0.15, 0.2) is 5.10 Å². The maximum atomic E-state index is 11.7. The largest absolute Gasteiger partial charge is 0.707 e. The topological polar surface area (TPSA) is 126 Å². The molecule has 1 rings (SSSR count). The van der Waals surface area contributed by atoms with Crippen LogP contribution >= 0.6 is 0 Å². The van der Waals surface area contributed by atoms with E-state index in [2.05, 4.69) is 10.2 Å². The van der Waals surface area contributed by atoms with E-state index in [1.807, 2.05) is 0 Å². The van der Waals surface area contributed by atoms with E-state index in [0.29, 0.717) is 0 Å². The van der Waals surface area contributed by atoms with E-state index in [1.54, 1.807) is 0 Å². The van der Waals surface area contributed by atoms with Crippen LogP contribution in [0.3, 0.4) is 0 Å². The Morgan fingerprint density at radius 3 is 2.29 bits per heavy atom. The molecule has 1 aromatic rings. The summed E-state index contributed by atoms with van der Waals surface area (Å²) in [4.78, 5) is 7.01. The molecular weight excluding hydrogens is 210 g/mol. The minimum Gasteiger partial charge on any atom is -0.697 e. The van der Waals surface area contributed by atoms with Crippen LogP contribution in [0.1, 0.15) is 0 Å². The third-order valence-electron chi connectivity index (χ3n) is 1.02. The monoisotopic (exact) mass is 210 g/mol. The standard InChI is InChI=1S/C2F2N6O4/c3-7(4)1-5-9(12)2(10(13)14)6-8(1)11. The molecule has 0 amide bonds. The van der Waals surface area contributed by atoms with E-state index < -0.39 is 31.9 Å². The molecule has 0 spiro atoms. The average Bonchev–Trinajstić information content (AvgIpc) is 2.07. The molecule has 0 aromatic carbocycles. The SMILES string of the molecule is O=[N+]([O-])c1n[n+]([O-])c(N(F)F)n[n+]1[O-]. The van der Waals surface area contributed by atoms with Crippen LogP contribution in [0.25, 0.3) is 0 Å². The lowest BCUT2D eigenvalue weighted by molar-refractivity contribution is -0.770. The summed E-state index contributed by atoms with van der Waals surface area (Å²) in [5, 5.41) is 34.0. The summed E-state index contributed by atoms with van der Waals surface area (Å²) >= 11 is 0. The van der Waals surface area contributed by atoms with E-state index >= 15 is 0 Å². The fraction of sp³-hybridized carbons (Fsp3) is 0. The molecule has 0 aliphatic heterocycles. The molecule has 0 saturated heterocycles. The lowest BCUT2D eigenvalue weighted by Gasteiger charge is -1.96. The van der Waals surface area contributed by atoms with Crippen LogP contribution in [0.15, 0.2) is 0 Å². The Hall–Kier alpha value is -2.40. The van der Waals surface area contributed by atoms with Gasteiger partial charge in [0.05, 0.1) is 9.77 Å². The first kappa shape index (κ1) is 9.69. The second-order valence-electron chi connectivity index (χ2n) is 1.84. The normalized spacial score (nSPS) is 9.86. The molecule has 1 aromatic heterocycles. The molecule has 0 radical (unpaired) electrons. The zero-order valence-electron chi connectivity index (χ0n) is 6.07. The highest BCUT2D eigenvalue weighted by Crippen LogP contribution is 2.02. The number of anilines is 1. The molecule has 12 heteroatoms. The molecule has 14 heavy (non-hydrogen) atoms. The highest BCUT2D eigenvalue weighted by atomic mass is 19.4. The maximum Gasteiger partial charge on any atom is 0.707 e. The van der Waals surface area contributed by atoms with E-state index in [9.17, 15) is 29.5 Å². The molecule has 0 saturated carbocycles. The summed E-state index contributed by atoms with van der Waals surface area (Å²) in [5.41, 5.74) is 0. The maximum absolute atomic E-state index is 11.7. The summed E-state index contributed by atoms with van der Waals surface area (Å²) in [6.45, 7) is 0. The van der Waals surface area contributed by atoms with Crippen molar-refractivity contribution in [2.75, 3.05) is 5.34 Å². The Morgan fingerprint density at radius 2 is 1.86 bits per heavy atom. The third kappa shape index (κ3) is 1.52. The second-order valence-corrected chi connectivity index (χ2v) is 1.84. The van der Waals surface area contributed by atoms with E-state index in [-0.39, 0.29) is 0 Å². The fourth-order valence-electron chi connectivity index (χ4n) is 0.533. The smallest absolute Gasteiger partial charge is 0.697 e. The van der Waals surface area contributed by atoms with Crippen LogP contribution in [0.2, 0.25) is 0 Å². The lowest BCUT2D eigenvalue weighted by Crippen LogP contribution is -2.48. The van der Waals surface area contributed by atoms with Crippen molar-refractivity contribution in [1.82, 2.24) is 10.2 Å². The Balaban J connectivity index is 3.31. The summed E-state index contributed by atoms with van der Waals surface area (Å²) in [6, 6.07) is 0. The van der Waals surface area contributed by atoms with Gasteiger partial charge < -0.3 is 20.5 Å². The van der Waals surface area contributed by atoms with Gasteiger partial charge in [0.2, 0.25) is 0 Å². The minimum absolute atomic E-state index is 0.796. The summed E-state index contributed by atoms with van der Waals surface area (Å²) in [6.07, 6.45) is 0. The van der Waals surface area contributed by atoms with Gasteiger partial charge in [-0.05, 0) is 0 Å². The number of nitro groups is 1. The molecular formula is C2F2N6O4. The van der Waals surface area contributed by atoms with Crippen molar-refractivity contribution in [2.24, 2.45) is 0 Å². The first-order chi connectivity index (χ1) is 6.43. The molecule has 0 aliphatic rings. The van der Waals surface area contributed by atoms with Crippen LogP contribution in [0.5, 0.6) is 0 Å². The van der Waals surface area contributed by atoms with Crippen molar-refractivity contribution in [3.63, 3.8) is 0 Å². The van der Waals surface area contributed by atoms with Crippen molar-refractivity contribution in [2.45, 2.75) is 0 Å². The quantitative estimate of drug-likeness (QED) is 0.186. The Kier molecular flexibility index (Phi) is 2.18. The van der Waals surface area contributed by atoms with Crippen LogP contribution < -0.4 is 15.0 Å². The number of halogens is 2. The third-order valence-corrected chi connectivity index (χ3v) is 1.02. The van der Waals surface area contributed by atoms with Crippen LogP contribution in [-0.2, 0) is 0 Å². The first-order valence-electron chi connectivity index (χ1n) is 2.81. The number of aromatic nitrogens is 4. The number of hydrogen-bond donors (Lipinski definition) is 0. The number of rotatable bonds is 2. The van der Waals surface area contributed by atoms with Crippen molar-refractivity contribution in [3.8, 4) is 0 Å². The molecule has 1 heterocycles. The van der Waals surface area contributed by atoms with Gasteiger partial charge in [0.1, 0.15) is 5.34 Å². The predicted molar refractivity (Wildman–Crippen MR) is 31.3 cm³/mol. The molecule has 10 nitrogen and oxygen atoms in total. The van der Waals surface area contributed by atoms with E-state index in [0.717, 1.165) is 0 Å². The van der Waals surface area contributed by atoms with Crippen molar-refractivity contribution >= 4 is 11.9 Å². The van der Waals surface area contributed by atoms with Crippen molar-refractivity contribution in [1.29, 1.82) is 0 Å². The average molecular weight is 210 g/mol. The van der Waals surface area contributed by atoms with Gasteiger partial charge >= 0.3 is 11.9 Å². The van der Waals surface area contributed by atoms with Gasteiger partial charge in [-0.1, -0.05) is 0 Å². The van der Waals surface area contributed by atoms with Gasteiger partial charge in [-0.25, -0.2) is 0 Å². The second kappa shape index (κ2) is 3.15. The zero-order valence-corrected chi connectivity index (χ0v) is 6.07. The molecule has 0 aliphatic carbocycles. The minimum atomic E-state index is -1.79. The van der Waals surface area contributed by atoms with E-state index in [4.69, 9.17) is 0 Å². The highest BCUT2D eigenvalue weighted by molar-refractivity contribution is 5.07. The van der Waals surface area contributed by atoms with E-state index in [1.165, 1.54) is 0 Å². The molecule has 0 fully saturated rings. The highest BCUT2D eigenvalue weighted by Gasteiger charge is 2.36. The number of hydrogen-bond acceptors (Lipinski definition) is 7. The van der Waals surface area contributed by atoms with Gasteiger partial charge in [-0.2, -0.15) is 0 Å². The molecule has 0 atom stereocenters. The first-order valence-corrected chi connectivity index (χ1v) is 2.81. The Morgan fingerprint density at radius 1 is 1.29 bits per heavy atom. The van der Waals surface area contributed by atoms with Gasteiger partial charge in [-0.15, -0.1) is 0 Å². The summed E-state index contributed by atoms with van der Waals surface area (Å²) in [5.74, 6) is -3.16.